The monoisotopic (exact) mass is 179 g/mol. The Hall–Kier alpha value is -1.22. The average Bonchev–Trinajstić information content (AvgIpc) is 2.17. The van der Waals surface area contributed by atoms with Crippen LogP contribution < -0.4 is 15.2 Å². The summed E-state index contributed by atoms with van der Waals surface area (Å²) in [6.45, 7) is 3.20. The molecule has 1 aromatic rings. The highest BCUT2D eigenvalue weighted by Gasteiger charge is 2.12. The topological polar surface area (TPSA) is 44.5 Å². The van der Waals surface area contributed by atoms with Gasteiger partial charge in [0.05, 0.1) is 0 Å². The number of rotatable bonds is 1. The molecule has 3 heteroatoms. The summed E-state index contributed by atoms with van der Waals surface area (Å²) in [5.41, 5.74) is 6.82. The number of benzene rings is 1. The first kappa shape index (κ1) is 8.38. The van der Waals surface area contributed by atoms with Gasteiger partial charge in [-0.3, -0.25) is 0 Å². The van der Waals surface area contributed by atoms with E-state index >= 15 is 0 Å². The third kappa shape index (κ3) is 1.60. The van der Waals surface area contributed by atoms with Gasteiger partial charge in [0.2, 0.25) is 0 Å². The van der Waals surface area contributed by atoms with Crippen LogP contribution in [0.5, 0.6) is 11.5 Å². The molecule has 13 heavy (non-hydrogen) atoms. The molecule has 1 atom stereocenters. The van der Waals surface area contributed by atoms with E-state index in [2.05, 4.69) is 0 Å². The van der Waals surface area contributed by atoms with Gasteiger partial charge in [0.1, 0.15) is 13.2 Å². The lowest BCUT2D eigenvalue weighted by Crippen LogP contribution is -2.16. The smallest absolute Gasteiger partial charge is 0.161 e. The van der Waals surface area contributed by atoms with Gasteiger partial charge in [-0.2, -0.15) is 0 Å². The van der Waals surface area contributed by atoms with Gasteiger partial charge in [0.15, 0.2) is 11.5 Å². The lowest BCUT2D eigenvalue weighted by Gasteiger charge is -2.19. The quantitative estimate of drug-likeness (QED) is 0.710. The van der Waals surface area contributed by atoms with Crippen LogP contribution in [-0.2, 0) is 0 Å². The predicted octanol–water partition coefficient (Wildman–Crippen LogP) is 1.48. The molecule has 0 radical (unpaired) electrons. The molecule has 2 rings (SSSR count). The van der Waals surface area contributed by atoms with Gasteiger partial charge >= 0.3 is 0 Å². The molecule has 0 aliphatic carbocycles. The van der Waals surface area contributed by atoms with Gasteiger partial charge in [-0.05, 0) is 24.6 Å². The van der Waals surface area contributed by atoms with Crippen LogP contribution in [-0.4, -0.2) is 13.2 Å². The summed E-state index contributed by atoms with van der Waals surface area (Å²) in [7, 11) is 0. The number of hydrogen-bond donors (Lipinski definition) is 1. The van der Waals surface area contributed by atoms with E-state index in [0.717, 1.165) is 17.1 Å². The summed E-state index contributed by atoms with van der Waals surface area (Å²) < 4.78 is 10.8. The Morgan fingerprint density at radius 3 is 2.62 bits per heavy atom. The molecule has 2 N–H and O–H groups in total. The fourth-order valence-corrected chi connectivity index (χ4v) is 1.34. The second-order valence-electron chi connectivity index (χ2n) is 3.19. The highest BCUT2D eigenvalue weighted by Crippen LogP contribution is 2.31. The third-order valence-electron chi connectivity index (χ3n) is 2.09. The Balaban J connectivity index is 2.35. The van der Waals surface area contributed by atoms with Crippen LogP contribution in [0, 0.1) is 0 Å². The van der Waals surface area contributed by atoms with Gasteiger partial charge in [-0.1, -0.05) is 6.07 Å². The fraction of sp³-hybridized carbons (Fsp3) is 0.400. The van der Waals surface area contributed by atoms with Crippen molar-refractivity contribution in [1.29, 1.82) is 0 Å². The van der Waals surface area contributed by atoms with E-state index in [9.17, 15) is 0 Å². The number of nitrogens with two attached hydrogens (primary N) is 1. The Kier molecular flexibility index (Phi) is 2.10. The minimum Gasteiger partial charge on any atom is -0.486 e. The molecule has 0 spiro atoms. The maximum absolute atomic E-state index is 5.75. The van der Waals surface area contributed by atoms with Crippen molar-refractivity contribution in [2.75, 3.05) is 13.2 Å². The first-order valence-corrected chi connectivity index (χ1v) is 4.42. The molecule has 1 heterocycles. The van der Waals surface area contributed by atoms with E-state index in [1.54, 1.807) is 0 Å². The van der Waals surface area contributed by atoms with Gasteiger partial charge in [-0.25, -0.2) is 0 Å². The van der Waals surface area contributed by atoms with Crippen molar-refractivity contribution in [2.45, 2.75) is 13.0 Å². The molecule has 1 aliphatic rings. The summed E-state index contributed by atoms with van der Waals surface area (Å²) in [5.74, 6) is 1.62. The molecule has 0 aromatic heterocycles. The lowest BCUT2D eigenvalue weighted by molar-refractivity contribution is 0.171. The zero-order chi connectivity index (χ0) is 9.26. The van der Waals surface area contributed by atoms with Crippen molar-refractivity contribution in [3.63, 3.8) is 0 Å². The van der Waals surface area contributed by atoms with Crippen molar-refractivity contribution in [3.8, 4) is 11.5 Å². The van der Waals surface area contributed by atoms with Gasteiger partial charge in [-0.15, -0.1) is 0 Å². The van der Waals surface area contributed by atoms with E-state index in [-0.39, 0.29) is 6.04 Å². The average molecular weight is 179 g/mol. The summed E-state index contributed by atoms with van der Waals surface area (Å²) in [6.07, 6.45) is 0. The maximum atomic E-state index is 5.75. The van der Waals surface area contributed by atoms with Gasteiger partial charge < -0.3 is 15.2 Å². The second-order valence-corrected chi connectivity index (χ2v) is 3.19. The molecule has 0 unspecified atom stereocenters. The molecule has 0 saturated carbocycles. The summed E-state index contributed by atoms with van der Waals surface area (Å²) in [6, 6.07) is 5.86. The van der Waals surface area contributed by atoms with Crippen LogP contribution >= 0.6 is 0 Å². The predicted molar refractivity (Wildman–Crippen MR) is 50.0 cm³/mol. The van der Waals surface area contributed by atoms with E-state index in [1.165, 1.54) is 0 Å². The first-order chi connectivity index (χ1) is 6.27. The SMILES string of the molecule is C[C@H](N)c1ccc2c(c1)OCCO2. The van der Waals surface area contributed by atoms with Crippen LogP contribution in [0.4, 0.5) is 0 Å². The Morgan fingerprint density at radius 1 is 1.23 bits per heavy atom. The largest absolute Gasteiger partial charge is 0.486 e. The summed E-state index contributed by atoms with van der Waals surface area (Å²) in [4.78, 5) is 0. The maximum Gasteiger partial charge on any atom is 0.161 e. The Bertz CT molecular complexity index is 310. The zero-order valence-electron chi connectivity index (χ0n) is 7.62. The molecule has 1 aromatic carbocycles. The zero-order valence-corrected chi connectivity index (χ0v) is 7.62. The number of ether oxygens (including phenoxy) is 2. The van der Waals surface area contributed by atoms with Crippen molar-refractivity contribution in [3.05, 3.63) is 23.8 Å². The third-order valence-corrected chi connectivity index (χ3v) is 2.09. The molecule has 0 saturated heterocycles. The highest BCUT2D eigenvalue weighted by atomic mass is 16.6. The van der Waals surface area contributed by atoms with Crippen LogP contribution in [0.15, 0.2) is 18.2 Å². The molecule has 1 aliphatic heterocycles. The molecular weight excluding hydrogens is 166 g/mol. The minimum absolute atomic E-state index is 0.0378. The number of fused-ring (bicyclic) bond motifs is 1. The van der Waals surface area contributed by atoms with E-state index < -0.39 is 0 Å². The number of hydrogen-bond acceptors (Lipinski definition) is 3. The van der Waals surface area contributed by atoms with Gasteiger partial charge in [0, 0.05) is 6.04 Å². The molecule has 70 valence electrons. The Labute approximate surface area is 77.5 Å². The normalized spacial score (nSPS) is 16.8. The van der Waals surface area contributed by atoms with E-state index in [0.29, 0.717) is 13.2 Å². The molecule has 0 fully saturated rings. The highest BCUT2D eigenvalue weighted by molar-refractivity contribution is 5.44. The van der Waals surface area contributed by atoms with E-state index in [4.69, 9.17) is 15.2 Å². The standard InChI is InChI=1S/C10H13NO2/c1-7(11)8-2-3-9-10(6-8)13-5-4-12-9/h2-3,6-7H,4-5,11H2,1H3/t7-/m0/s1. The van der Waals surface area contributed by atoms with Crippen LogP contribution in [0.1, 0.15) is 18.5 Å². The molecule has 0 bridgehead atoms. The van der Waals surface area contributed by atoms with Crippen LogP contribution in [0.3, 0.4) is 0 Å². The Morgan fingerprint density at radius 2 is 1.92 bits per heavy atom. The van der Waals surface area contributed by atoms with Crippen molar-refractivity contribution >= 4 is 0 Å². The van der Waals surface area contributed by atoms with Gasteiger partial charge in [0.25, 0.3) is 0 Å². The minimum atomic E-state index is 0.0378. The first-order valence-electron chi connectivity index (χ1n) is 4.42. The fourth-order valence-electron chi connectivity index (χ4n) is 1.34. The van der Waals surface area contributed by atoms with Crippen molar-refractivity contribution < 1.29 is 9.47 Å². The second kappa shape index (κ2) is 3.26. The molecule has 3 nitrogen and oxygen atoms in total. The molecule has 0 amide bonds. The lowest BCUT2D eigenvalue weighted by atomic mass is 10.1. The molecular formula is C10H13NO2. The summed E-state index contributed by atoms with van der Waals surface area (Å²) >= 11 is 0. The van der Waals surface area contributed by atoms with Crippen molar-refractivity contribution in [2.24, 2.45) is 5.73 Å². The van der Waals surface area contributed by atoms with Crippen LogP contribution in [0.2, 0.25) is 0 Å². The van der Waals surface area contributed by atoms with E-state index in [1.807, 2.05) is 25.1 Å². The van der Waals surface area contributed by atoms with Crippen LogP contribution in [0.25, 0.3) is 0 Å². The van der Waals surface area contributed by atoms with Crippen molar-refractivity contribution in [1.82, 2.24) is 0 Å². The summed E-state index contributed by atoms with van der Waals surface area (Å²) in [5, 5.41) is 0.